The Morgan fingerprint density at radius 3 is 2.52 bits per heavy atom. The van der Waals surface area contributed by atoms with Gasteiger partial charge in [0.2, 0.25) is 0 Å². The summed E-state index contributed by atoms with van der Waals surface area (Å²) < 4.78 is 3.28. The van der Waals surface area contributed by atoms with Crippen molar-refractivity contribution in [2.75, 3.05) is 0 Å². The molecule has 5 aromatic rings. The standard InChI is InChI=1S/C22H16ClN5O/c1-14-24-22-25-18-11-12-27(13-15-7-3-2-4-8-15)21(29)19(18)20(28(22)26-14)16-9-5-6-10-17(16)23/h2-12H,13H2,1H3. The molecule has 7 heteroatoms. The second-order valence-corrected chi connectivity index (χ2v) is 7.21. The molecule has 0 aliphatic rings. The fraction of sp³-hybridized carbons (Fsp3) is 0.0909. The number of aromatic nitrogens is 5. The molecule has 0 fully saturated rings. The number of benzene rings is 2. The van der Waals surface area contributed by atoms with E-state index in [1.54, 1.807) is 28.3 Å². The lowest BCUT2D eigenvalue weighted by Crippen LogP contribution is -2.22. The van der Waals surface area contributed by atoms with Gasteiger partial charge in [-0.3, -0.25) is 4.79 Å². The molecule has 5 rings (SSSR count). The lowest BCUT2D eigenvalue weighted by atomic mass is 10.1. The first-order chi connectivity index (χ1) is 14.1. The summed E-state index contributed by atoms with van der Waals surface area (Å²) in [5.41, 5.74) is 2.77. The van der Waals surface area contributed by atoms with Crippen LogP contribution in [-0.2, 0) is 6.54 Å². The first kappa shape index (κ1) is 17.6. The van der Waals surface area contributed by atoms with Gasteiger partial charge in [-0.15, -0.1) is 5.10 Å². The predicted octanol–water partition coefficient (Wildman–Crippen LogP) is 4.12. The lowest BCUT2D eigenvalue weighted by molar-refractivity contribution is 0.766. The van der Waals surface area contributed by atoms with Crippen LogP contribution in [0.4, 0.5) is 0 Å². The van der Waals surface area contributed by atoms with Gasteiger partial charge in [-0.1, -0.05) is 60.1 Å². The average Bonchev–Trinajstić information content (AvgIpc) is 3.10. The Morgan fingerprint density at radius 2 is 1.72 bits per heavy atom. The second kappa shape index (κ2) is 6.83. The minimum atomic E-state index is -0.149. The number of hydrogen-bond acceptors (Lipinski definition) is 4. The Balaban J connectivity index is 1.86. The monoisotopic (exact) mass is 401 g/mol. The van der Waals surface area contributed by atoms with Crippen LogP contribution in [-0.4, -0.2) is 24.1 Å². The number of nitrogens with zero attached hydrogens (tertiary/aromatic N) is 5. The zero-order chi connectivity index (χ0) is 20.0. The molecule has 3 heterocycles. The van der Waals surface area contributed by atoms with E-state index in [2.05, 4.69) is 15.1 Å². The Bertz CT molecular complexity index is 1420. The molecule has 0 unspecified atom stereocenters. The Kier molecular flexibility index (Phi) is 4.14. The Hall–Kier alpha value is -3.51. The molecule has 0 aliphatic carbocycles. The number of hydrogen-bond donors (Lipinski definition) is 0. The summed E-state index contributed by atoms with van der Waals surface area (Å²) in [5, 5.41) is 5.47. The minimum Gasteiger partial charge on any atom is -0.310 e. The fourth-order valence-electron chi connectivity index (χ4n) is 3.53. The maximum absolute atomic E-state index is 13.5. The van der Waals surface area contributed by atoms with Gasteiger partial charge >= 0.3 is 0 Å². The molecule has 0 aliphatic heterocycles. The van der Waals surface area contributed by atoms with Crippen LogP contribution in [0.5, 0.6) is 0 Å². The van der Waals surface area contributed by atoms with Crippen molar-refractivity contribution in [3.05, 3.63) is 93.6 Å². The predicted molar refractivity (Wildman–Crippen MR) is 113 cm³/mol. The van der Waals surface area contributed by atoms with Crippen LogP contribution < -0.4 is 5.56 Å². The quantitative estimate of drug-likeness (QED) is 0.456. The highest BCUT2D eigenvalue weighted by Gasteiger charge is 2.19. The molecule has 0 spiro atoms. The van der Waals surface area contributed by atoms with E-state index in [1.807, 2.05) is 54.6 Å². The average molecular weight is 402 g/mol. The van der Waals surface area contributed by atoms with E-state index in [9.17, 15) is 4.79 Å². The van der Waals surface area contributed by atoms with Crippen LogP contribution >= 0.6 is 11.6 Å². The highest BCUT2D eigenvalue weighted by Crippen LogP contribution is 2.31. The van der Waals surface area contributed by atoms with Crippen molar-refractivity contribution in [1.82, 2.24) is 24.1 Å². The molecule has 6 nitrogen and oxygen atoms in total. The van der Waals surface area contributed by atoms with Crippen molar-refractivity contribution in [3.63, 3.8) is 0 Å². The second-order valence-electron chi connectivity index (χ2n) is 6.81. The van der Waals surface area contributed by atoms with Gasteiger partial charge in [0, 0.05) is 16.8 Å². The topological polar surface area (TPSA) is 65.1 Å². The largest absolute Gasteiger partial charge is 0.310 e. The van der Waals surface area contributed by atoms with Gasteiger partial charge in [0.25, 0.3) is 11.3 Å². The summed E-state index contributed by atoms with van der Waals surface area (Å²) >= 11 is 6.50. The molecule has 0 radical (unpaired) electrons. The van der Waals surface area contributed by atoms with Gasteiger partial charge in [0.1, 0.15) is 5.82 Å². The van der Waals surface area contributed by atoms with E-state index >= 15 is 0 Å². The number of rotatable bonds is 3. The zero-order valence-corrected chi connectivity index (χ0v) is 16.3. The van der Waals surface area contributed by atoms with Crippen LogP contribution in [0, 0.1) is 6.92 Å². The van der Waals surface area contributed by atoms with Gasteiger partial charge in [0.05, 0.1) is 23.1 Å². The first-order valence-electron chi connectivity index (χ1n) is 9.17. The van der Waals surface area contributed by atoms with Gasteiger partial charge in [0.15, 0.2) is 0 Å². The fourth-order valence-corrected chi connectivity index (χ4v) is 3.75. The minimum absolute atomic E-state index is 0.149. The maximum atomic E-state index is 13.5. The Morgan fingerprint density at radius 1 is 0.966 bits per heavy atom. The summed E-state index contributed by atoms with van der Waals surface area (Å²) in [6.45, 7) is 2.26. The molecular formula is C22H16ClN5O. The summed E-state index contributed by atoms with van der Waals surface area (Å²) in [6.07, 6.45) is 1.76. The highest BCUT2D eigenvalue weighted by atomic mass is 35.5. The number of pyridine rings is 1. The molecule has 0 saturated carbocycles. The van der Waals surface area contributed by atoms with Crippen LogP contribution in [0.25, 0.3) is 27.9 Å². The summed E-state index contributed by atoms with van der Waals surface area (Å²) in [7, 11) is 0. The molecule has 0 bridgehead atoms. The molecule has 29 heavy (non-hydrogen) atoms. The maximum Gasteiger partial charge on any atom is 0.262 e. The zero-order valence-electron chi connectivity index (χ0n) is 15.6. The van der Waals surface area contributed by atoms with Crippen molar-refractivity contribution in [3.8, 4) is 11.3 Å². The number of fused-ring (bicyclic) bond motifs is 2. The molecule has 0 amide bonds. The van der Waals surface area contributed by atoms with Crippen molar-refractivity contribution in [2.24, 2.45) is 0 Å². The normalized spacial score (nSPS) is 11.4. The molecule has 0 saturated heterocycles. The third kappa shape index (κ3) is 2.98. The van der Waals surface area contributed by atoms with Gasteiger partial charge in [-0.05, 0) is 24.6 Å². The van der Waals surface area contributed by atoms with Crippen LogP contribution in [0.1, 0.15) is 11.4 Å². The molecular weight excluding hydrogens is 386 g/mol. The van der Waals surface area contributed by atoms with Gasteiger partial charge < -0.3 is 4.57 Å². The van der Waals surface area contributed by atoms with Gasteiger partial charge in [-0.25, -0.2) is 4.98 Å². The first-order valence-corrected chi connectivity index (χ1v) is 9.55. The van der Waals surface area contributed by atoms with Crippen molar-refractivity contribution < 1.29 is 0 Å². The smallest absolute Gasteiger partial charge is 0.262 e. The Labute approximate surface area is 171 Å². The van der Waals surface area contributed by atoms with E-state index in [0.717, 1.165) is 5.56 Å². The lowest BCUT2D eigenvalue weighted by Gasteiger charge is -2.12. The van der Waals surface area contributed by atoms with E-state index in [4.69, 9.17) is 11.6 Å². The molecule has 0 atom stereocenters. The van der Waals surface area contributed by atoms with E-state index in [-0.39, 0.29) is 5.56 Å². The van der Waals surface area contributed by atoms with Crippen LogP contribution in [0.15, 0.2) is 71.7 Å². The SMILES string of the molecule is Cc1nc2nc3ccn(Cc4ccccc4)c(=O)c3c(-c3ccccc3Cl)n2n1. The van der Waals surface area contributed by atoms with Crippen molar-refractivity contribution >= 4 is 28.3 Å². The molecule has 3 aromatic heterocycles. The number of aryl methyl sites for hydroxylation is 1. The third-order valence-electron chi connectivity index (χ3n) is 4.83. The molecule has 2 aromatic carbocycles. The highest BCUT2D eigenvalue weighted by molar-refractivity contribution is 6.33. The number of halogens is 1. The summed E-state index contributed by atoms with van der Waals surface area (Å²) in [4.78, 5) is 22.5. The van der Waals surface area contributed by atoms with E-state index in [0.29, 0.717) is 45.3 Å². The third-order valence-corrected chi connectivity index (χ3v) is 5.16. The van der Waals surface area contributed by atoms with E-state index < -0.39 is 0 Å². The van der Waals surface area contributed by atoms with Crippen molar-refractivity contribution in [1.29, 1.82) is 0 Å². The van der Waals surface area contributed by atoms with Gasteiger partial charge in [-0.2, -0.15) is 9.50 Å². The van der Waals surface area contributed by atoms with Crippen LogP contribution in [0.2, 0.25) is 5.02 Å². The van der Waals surface area contributed by atoms with E-state index in [1.165, 1.54) is 0 Å². The molecule has 142 valence electrons. The van der Waals surface area contributed by atoms with Crippen LogP contribution in [0.3, 0.4) is 0 Å². The van der Waals surface area contributed by atoms with Crippen molar-refractivity contribution in [2.45, 2.75) is 13.5 Å². The summed E-state index contributed by atoms with van der Waals surface area (Å²) in [5.74, 6) is 1.01. The molecule has 0 N–H and O–H groups in total. The summed E-state index contributed by atoms with van der Waals surface area (Å²) in [6, 6.07) is 19.1.